The Morgan fingerprint density at radius 1 is 1.09 bits per heavy atom. The molecule has 0 aromatic heterocycles. The molecule has 0 saturated heterocycles. The predicted octanol–water partition coefficient (Wildman–Crippen LogP) is 5.00. The highest BCUT2D eigenvalue weighted by atomic mass is 35.5. The summed E-state index contributed by atoms with van der Waals surface area (Å²) in [6, 6.07) is 17.9. The minimum Gasteiger partial charge on any atom is -0.496 e. The highest BCUT2D eigenvalue weighted by molar-refractivity contribution is 6.32. The van der Waals surface area contributed by atoms with Crippen molar-refractivity contribution in [1.82, 2.24) is 4.90 Å². The van der Waals surface area contributed by atoms with Crippen molar-refractivity contribution >= 4 is 35.6 Å². The third-order valence-corrected chi connectivity index (χ3v) is 5.63. The molecule has 35 heavy (non-hydrogen) atoms. The van der Waals surface area contributed by atoms with Crippen LogP contribution in [0.2, 0.25) is 5.02 Å². The monoisotopic (exact) mass is 496 g/mol. The Morgan fingerprint density at radius 3 is 2.49 bits per heavy atom. The molecule has 3 aromatic carbocycles. The molecule has 0 spiro atoms. The van der Waals surface area contributed by atoms with E-state index in [0.717, 1.165) is 16.7 Å². The zero-order valence-electron chi connectivity index (χ0n) is 19.3. The maximum Gasteiger partial charge on any atom is 0.409 e. The van der Waals surface area contributed by atoms with E-state index >= 15 is 0 Å². The second kappa shape index (κ2) is 11.9. The molecular formula is C26H25ClN2O6. The molecule has 3 rings (SSSR count). The highest BCUT2D eigenvalue weighted by Crippen LogP contribution is 2.32. The number of benzene rings is 3. The van der Waals surface area contributed by atoms with Crippen LogP contribution < -0.4 is 14.8 Å². The first-order valence-corrected chi connectivity index (χ1v) is 11.1. The van der Waals surface area contributed by atoms with Crippen LogP contribution in [0, 0.1) is 0 Å². The highest BCUT2D eigenvalue weighted by Gasteiger charge is 2.15. The number of methoxy groups -OCH3 is 1. The van der Waals surface area contributed by atoms with Crippen LogP contribution in [0.3, 0.4) is 0 Å². The fourth-order valence-corrected chi connectivity index (χ4v) is 3.66. The summed E-state index contributed by atoms with van der Waals surface area (Å²) in [5.74, 6) is 0.256. The smallest absolute Gasteiger partial charge is 0.409 e. The number of carbonyl (C=O) groups excluding carboxylic acids is 2. The number of aldehydes is 1. The van der Waals surface area contributed by atoms with Crippen molar-refractivity contribution in [1.29, 1.82) is 0 Å². The van der Waals surface area contributed by atoms with E-state index in [1.807, 2.05) is 42.5 Å². The number of carbonyl (C=O) groups is 3. The van der Waals surface area contributed by atoms with Gasteiger partial charge in [0, 0.05) is 25.2 Å². The molecule has 8 nitrogen and oxygen atoms in total. The Hall–Kier alpha value is -4.04. The molecule has 0 radical (unpaired) electrons. The number of hydrogen-bond acceptors (Lipinski definition) is 5. The molecule has 182 valence electrons. The van der Waals surface area contributed by atoms with Gasteiger partial charge in [0.05, 0.1) is 23.4 Å². The maximum atomic E-state index is 12.6. The third-order valence-electron chi connectivity index (χ3n) is 5.33. The minimum atomic E-state index is -1.15. The Labute approximate surface area is 208 Å². The summed E-state index contributed by atoms with van der Waals surface area (Å²) in [7, 11) is 3.07. The van der Waals surface area contributed by atoms with E-state index in [1.54, 1.807) is 13.1 Å². The standard InChI is InChI=1S/C26H25ClN2O6/c1-29(25(31)16-35-24-14-23(34-2)19(15-30)13-21(24)27)11-10-17-8-9-20(18-6-4-3-5-7-18)22(12-17)28-26(32)33/h3-9,12-15,28H,10-11,16H2,1-2H3,(H,32,33). The van der Waals surface area contributed by atoms with Gasteiger partial charge in [-0.1, -0.05) is 54.1 Å². The number of anilines is 1. The Balaban J connectivity index is 1.63. The van der Waals surface area contributed by atoms with Crippen molar-refractivity contribution in [2.75, 3.05) is 32.6 Å². The van der Waals surface area contributed by atoms with Crippen molar-refractivity contribution in [3.05, 3.63) is 76.8 Å². The molecule has 0 saturated carbocycles. The second-order valence-corrected chi connectivity index (χ2v) is 8.08. The van der Waals surface area contributed by atoms with Gasteiger partial charge >= 0.3 is 6.09 Å². The zero-order valence-corrected chi connectivity index (χ0v) is 20.0. The lowest BCUT2D eigenvalue weighted by molar-refractivity contribution is -0.132. The van der Waals surface area contributed by atoms with Crippen LogP contribution >= 0.6 is 11.6 Å². The van der Waals surface area contributed by atoms with Crippen LogP contribution in [-0.4, -0.2) is 55.6 Å². The lowest BCUT2D eigenvalue weighted by Gasteiger charge is -2.19. The fourth-order valence-electron chi connectivity index (χ4n) is 3.44. The molecule has 2 N–H and O–H groups in total. The number of likely N-dealkylation sites (N-methyl/N-ethyl adjacent to an activating group) is 1. The lowest BCUT2D eigenvalue weighted by Crippen LogP contribution is -2.33. The van der Waals surface area contributed by atoms with Crippen LogP contribution in [-0.2, 0) is 11.2 Å². The van der Waals surface area contributed by atoms with E-state index in [2.05, 4.69) is 5.32 Å². The average Bonchev–Trinajstić information content (AvgIpc) is 2.86. The average molecular weight is 497 g/mol. The van der Waals surface area contributed by atoms with Gasteiger partial charge < -0.3 is 19.5 Å². The first-order chi connectivity index (χ1) is 16.8. The summed E-state index contributed by atoms with van der Waals surface area (Å²) in [5, 5.41) is 11.9. The van der Waals surface area contributed by atoms with Crippen molar-refractivity contribution in [3.63, 3.8) is 0 Å². The summed E-state index contributed by atoms with van der Waals surface area (Å²) in [6.45, 7) is 0.138. The van der Waals surface area contributed by atoms with Gasteiger partial charge in [-0.3, -0.25) is 14.9 Å². The number of nitrogens with one attached hydrogen (secondary N) is 1. The van der Waals surface area contributed by atoms with Crippen molar-refractivity contribution in [2.45, 2.75) is 6.42 Å². The normalized spacial score (nSPS) is 10.4. The van der Waals surface area contributed by atoms with Crippen molar-refractivity contribution < 1.29 is 29.0 Å². The van der Waals surface area contributed by atoms with Gasteiger partial charge in [-0.2, -0.15) is 0 Å². The number of carboxylic acid groups (broad SMARTS) is 1. The number of hydrogen-bond donors (Lipinski definition) is 2. The van der Waals surface area contributed by atoms with Crippen LogP contribution in [0.25, 0.3) is 11.1 Å². The molecule has 0 heterocycles. The second-order valence-electron chi connectivity index (χ2n) is 7.67. The van der Waals surface area contributed by atoms with Gasteiger partial charge in [0.2, 0.25) is 0 Å². The van der Waals surface area contributed by atoms with Gasteiger partial charge in [0.1, 0.15) is 11.5 Å². The molecule has 2 amide bonds. The fraction of sp³-hybridized carbons (Fsp3) is 0.192. The van der Waals surface area contributed by atoms with Gasteiger partial charge in [0.25, 0.3) is 5.91 Å². The molecule has 0 fully saturated rings. The molecule has 3 aromatic rings. The van der Waals surface area contributed by atoms with Crippen LogP contribution in [0.15, 0.2) is 60.7 Å². The van der Waals surface area contributed by atoms with E-state index in [1.165, 1.54) is 24.1 Å². The first kappa shape index (κ1) is 25.6. The van der Waals surface area contributed by atoms with E-state index < -0.39 is 6.09 Å². The lowest BCUT2D eigenvalue weighted by atomic mass is 10.00. The predicted molar refractivity (Wildman–Crippen MR) is 134 cm³/mol. The molecule has 9 heteroatoms. The van der Waals surface area contributed by atoms with E-state index in [4.69, 9.17) is 21.1 Å². The SMILES string of the molecule is COc1cc(OCC(=O)N(C)CCc2ccc(-c3ccccc3)c(NC(=O)O)c2)c(Cl)cc1C=O. The molecule has 0 aliphatic carbocycles. The first-order valence-electron chi connectivity index (χ1n) is 10.7. The quantitative estimate of drug-likeness (QED) is 0.383. The largest absolute Gasteiger partial charge is 0.496 e. The van der Waals surface area contributed by atoms with E-state index in [0.29, 0.717) is 30.7 Å². The van der Waals surface area contributed by atoms with E-state index in [-0.39, 0.29) is 28.8 Å². The number of rotatable bonds is 10. The third kappa shape index (κ3) is 6.74. The van der Waals surface area contributed by atoms with Crippen LogP contribution in [0.5, 0.6) is 11.5 Å². The Morgan fingerprint density at radius 2 is 1.83 bits per heavy atom. The van der Waals surface area contributed by atoms with Gasteiger partial charge in [-0.05, 0) is 29.7 Å². The number of nitrogens with zero attached hydrogens (tertiary/aromatic N) is 1. The number of ether oxygens (including phenoxy) is 2. The molecule has 0 bridgehead atoms. The summed E-state index contributed by atoms with van der Waals surface area (Å²) in [4.78, 5) is 36.5. The number of halogens is 1. The topological polar surface area (TPSA) is 105 Å². The molecule has 0 aliphatic heterocycles. The molecule has 0 aliphatic rings. The van der Waals surface area contributed by atoms with Crippen LogP contribution in [0.1, 0.15) is 15.9 Å². The summed E-state index contributed by atoms with van der Waals surface area (Å²) in [6.07, 6.45) is -0.0222. The van der Waals surface area contributed by atoms with Gasteiger partial charge in [-0.15, -0.1) is 0 Å². The maximum absolute atomic E-state index is 12.6. The Bertz CT molecular complexity index is 1220. The zero-order chi connectivity index (χ0) is 25.4. The molecule has 0 unspecified atom stereocenters. The summed E-state index contributed by atoms with van der Waals surface area (Å²) >= 11 is 6.14. The van der Waals surface area contributed by atoms with Crippen molar-refractivity contribution in [3.8, 4) is 22.6 Å². The Kier molecular flexibility index (Phi) is 8.69. The minimum absolute atomic E-state index is 0.195. The van der Waals surface area contributed by atoms with Gasteiger partial charge in [0.15, 0.2) is 12.9 Å². The molecular weight excluding hydrogens is 472 g/mol. The number of amides is 2. The van der Waals surface area contributed by atoms with Gasteiger partial charge in [-0.25, -0.2) is 4.79 Å². The van der Waals surface area contributed by atoms with E-state index in [9.17, 15) is 19.5 Å². The van der Waals surface area contributed by atoms with Crippen molar-refractivity contribution in [2.24, 2.45) is 0 Å². The summed E-state index contributed by atoms with van der Waals surface area (Å²) in [5.41, 5.74) is 3.28. The summed E-state index contributed by atoms with van der Waals surface area (Å²) < 4.78 is 10.7. The van der Waals surface area contributed by atoms with Crippen LogP contribution in [0.4, 0.5) is 10.5 Å². The molecule has 0 atom stereocenters.